The molecular formula is C18H22N2O2. The monoisotopic (exact) mass is 298 g/mol. The van der Waals surface area contributed by atoms with E-state index in [0.29, 0.717) is 17.8 Å². The minimum absolute atomic E-state index is 0.00387. The molecule has 1 aromatic carbocycles. The average Bonchev–Trinajstić information content (AvgIpc) is 3.45. The molecule has 4 rings (SSSR count). The lowest BCUT2D eigenvalue weighted by Crippen LogP contribution is -2.43. The van der Waals surface area contributed by atoms with Crippen molar-refractivity contribution in [3.05, 3.63) is 35.9 Å². The van der Waals surface area contributed by atoms with Crippen molar-refractivity contribution in [2.24, 2.45) is 23.7 Å². The highest BCUT2D eigenvalue weighted by Crippen LogP contribution is 2.55. The van der Waals surface area contributed by atoms with Crippen LogP contribution in [-0.4, -0.2) is 11.8 Å². The van der Waals surface area contributed by atoms with E-state index in [1.807, 2.05) is 18.2 Å². The van der Waals surface area contributed by atoms with Crippen LogP contribution in [-0.2, 0) is 9.59 Å². The molecule has 4 nitrogen and oxygen atoms in total. The highest BCUT2D eigenvalue weighted by atomic mass is 16.2. The van der Waals surface area contributed by atoms with Gasteiger partial charge in [-0.3, -0.25) is 20.4 Å². The van der Waals surface area contributed by atoms with Crippen molar-refractivity contribution in [1.29, 1.82) is 0 Å². The van der Waals surface area contributed by atoms with E-state index in [2.05, 4.69) is 23.0 Å². The van der Waals surface area contributed by atoms with Crippen molar-refractivity contribution in [3.8, 4) is 0 Å². The lowest BCUT2D eigenvalue weighted by molar-refractivity contribution is -0.130. The van der Waals surface area contributed by atoms with Crippen LogP contribution >= 0.6 is 0 Å². The van der Waals surface area contributed by atoms with Gasteiger partial charge in [0.25, 0.3) is 0 Å². The van der Waals surface area contributed by atoms with E-state index >= 15 is 0 Å². The van der Waals surface area contributed by atoms with Gasteiger partial charge in [0, 0.05) is 11.8 Å². The first-order valence-electron chi connectivity index (χ1n) is 8.40. The SMILES string of the molecule is O=C(NNC(=O)[C@H]1C[C@H]1c1ccccc1)C1[C@H]2CCCC[C@H]12. The number of carbonyl (C=O) groups excluding carboxylic acids is 2. The molecule has 3 aliphatic carbocycles. The van der Waals surface area contributed by atoms with E-state index in [4.69, 9.17) is 0 Å². The average molecular weight is 298 g/mol. The van der Waals surface area contributed by atoms with Gasteiger partial charge in [-0.05, 0) is 42.6 Å². The van der Waals surface area contributed by atoms with Crippen molar-refractivity contribution in [1.82, 2.24) is 10.9 Å². The van der Waals surface area contributed by atoms with E-state index < -0.39 is 0 Å². The summed E-state index contributed by atoms with van der Waals surface area (Å²) in [6.45, 7) is 0. The first-order valence-corrected chi connectivity index (χ1v) is 8.40. The minimum atomic E-state index is -0.0502. The molecule has 0 aliphatic heterocycles. The van der Waals surface area contributed by atoms with Gasteiger partial charge in [0.15, 0.2) is 0 Å². The summed E-state index contributed by atoms with van der Waals surface area (Å²) in [4.78, 5) is 24.3. The maximum absolute atomic E-state index is 12.1. The van der Waals surface area contributed by atoms with Gasteiger partial charge in [0.2, 0.25) is 11.8 Å². The number of hydrazine groups is 1. The molecular weight excluding hydrogens is 276 g/mol. The van der Waals surface area contributed by atoms with E-state index in [1.165, 1.54) is 31.2 Å². The molecule has 4 heteroatoms. The second-order valence-electron chi connectivity index (χ2n) is 6.98. The van der Waals surface area contributed by atoms with Crippen LogP contribution in [0.5, 0.6) is 0 Å². The fourth-order valence-corrected chi connectivity index (χ4v) is 4.23. The second-order valence-corrected chi connectivity index (χ2v) is 6.98. The number of fused-ring (bicyclic) bond motifs is 1. The Morgan fingerprint density at radius 2 is 1.55 bits per heavy atom. The van der Waals surface area contributed by atoms with Gasteiger partial charge in [-0.1, -0.05) is 43.2 Å². The van der Waals surface area contributed by atoms with Crippen molar-refractivity contribution in [3.63, 3.8) is 0 Å². The van der Waals surface area contributed by atoms with Gasteiger partial charge in [0.05, 0.1) is 0 Å². The van der Waals surface area contributed by atoms with E-state index in [-0.39, 0.29) is 23.7 Å². The molecule has 0 radical (unpaired) electrons. The topological polar surface area (TPSA) is 58.2 Å². The summed E-state index contributed by atoms with van der Waals surface area (Å²) in [5, 5.41) is 0. The molecule has 0 aromatic heterocycles. The van der Waals surface area contributed by atoms with E-state index in [0.717, 1.165) is 6.42 Å². The number of nitrogens with one attached hydrogen (secondary N) is 2. The molecule has 0 saturated heterocycles. The van der Waals surface area contributed by atoms with Crippen molar-refractivity contribution in [2.75, 3.05) is 0 Å². The molecule has 4 atom stereocenters. The van der Waals surface area contributed by atoms with Crippen LogP contribution in [0.2, 0.25) is 0 Å². The summed E-state index contributed by atoms with van der Waals surface area (Å²) in [7, 11) is 0. The van der Waals surface area contributed by atoms with Gasteiger partial charge in [-0.2, -0.15) is 0 Å². The van der Waals surface area contributed by atoms with Gasteiger partial charge in [0.1, 0.15) is 0 Å². The Bertz CT molecular complexity index is 574. The van der Waals surface area contributed by atoms with Crippen LogP contribution in [0.1, 0.15) is 43.6 Å². The molecule has 22 heavy (non-hydrogen) atoms. The van der Waals surface area contributed by atoms with Crippen molar-refractivity contribution in [2.45, 2.75) is 38.0 Å². The largest absolute Gasteiger partial charge is 0.273 e. The molecule has 2 N–H and O–H groups in total. The first-order chi connectivity index (χ1) is 10.8. The quantitative estimate of drug-likeness (QED) is 0.842. The Kier molecular flexibility index (Phi) is 3.40. The van der Waals surface area contributed by atoms with Crippen LogP contribution in [0.3, 0.4) is 0 Å². The maximum Gasteiger partial charge on any atom is 0.242 e. The third kappa shape index (κ3) is 2.51. The molecule has 1 aromatic rings. The van der Waals surface area contributed by atoms with Crippen LogP contribution in [0.25, 0.3) is 0 Å². The summed E-state index contributed by atoms with van der Waals surface area (Å²) in [6.07, 6.45) is 5.72. The lowest BCUT2D eigenvalue weighted by Gasteiger charge is -2.07. The maximum atomic E-state index is 12.1. The molecule has 3 fully saturated rings. The number of carbonyl (C=O) groups is 2. The fourth-order valence-electron chi connectivity index (χ4n) is 4.23. The zero-order chi connectivity index (χ0) is 15.1. The third-order valence-corrected chi connectivity index (χ3v) is 5.62. The zero-order valence-electron chi connectivity index (χ0n) is 12.6. The first kappa shape index (κ1) is 13.8. The Labute approximate surface area is 130 Å². The fraction of sp³-hybridized carbons (Fsp3) is 0.556. The van der Waals surface area contributed by atoms with Crippen LogP contribution < -0.4 is 10.9 Å². The predicted octanol–water partition coefficient (Wildman–Crippen LogP) is 2.37. The van der Waals surface area contributed by atoms with E-state index in [1.54, 1.807) is 0 Å². The smallest absolute Gasteiger partial charge is 0.242 e. The number of hydrogen-bond acceptors (Lipinski definition) is 2. The molecule has 2 amide bonds. The summed E-state index contributed by atoms with van der Waals surface area (Å²) in [5.74, 6) is 1.57. The van der Waals surface area contributed by atoms with Gasteiger partial charge in [-0.25, -0.2) is 0 Å². The summed E-state index contributed by atoms with van der Waals surface area (Å²) < 4.78 is 0. The summed E-state index contributed by atoms with van der Waals surface area (Å²) in [6, 6.07) is 10.1. The molecule has 0 heterocycles. The molecule has 3 saturated carbocycles. The highest BCUT2D eigenvalue weighted by molar-refractivity contribution is 5.88. The Morgan fingerprint density at radius 3 is 2.23 bits per heavy atom. The number of hydrogen-bond donors (Lipinski definition) is 2. The second kappa shape index (κ2) is 5.41. The molecule has 3 aliphatic rings. The van der Waals surface area contributed by atoms with Gasteiger partial charge >= 0.3 is 0 Å². The Morgan fingerprint density at radius 1 is 0.909 bits per heavy atom. The molecule has 0 unspecified atom stereocenters. The Balaban J connectivity index is 1.25. The summed E-state index contributed by atoms with van der Waals surface area (Å²) in [5.41, 5.74) is 6.50. The number of amides is 2. The third-order valence-electron chi connectivity index (χ3n) is 5.62. The van der Waals surface area contributed by atoms with Crippen molar-refractivity contribution >= 4 is 11.8 Å². The molecule has 0 bridgehead atoms. The minimum Gasteiger partial charge on any atom is -0.273 e. The molecule has 0 spiro atoms. The highest BCUT2D eigenvalue weighted by Gasteiger charge is 2.55. The molecule has 116 valence electrons. The zero-order valence-corrected chi connectivity index (χ0v) is 12.6. The van der Waals surface area contributed by atoms with Gasteiger partial charge < -0.3 is 0 Å². The lowest BCUT2D eigenvalue weighted by atomic mass is 10.0. The van der Waals surface area contributed by atoms with Crippen molar-refractivity contribution < 1.29 is 9.59 Å². The summed E-state index contributed by atoms with van der Waals surface area (Å²) >= 11 is 0. The number of rotatable bonds is 3. The normalized spacial score (nSPS) is 35.2. The standard InChI is InChI=1S/C18H22N2O2/c21-17(15-10-14(15)11-6-2-1-3-7-11)19-20-18(22)16-12-8-4-5-9-13(12)16/h1-3,6-7,12-16H,4-5,8-10H2,(H,19,21)(H,20,22)/t12-,13-,14-,15-/m0/s1. The predicted molar refractivity (Wildman–Crippen MR) is 82.5 cm³/mol. The van der Waals surface area contributed by atoms with Crippen LogP contribution in [0.15, 0.2) is 30.3 Å². The van der Waals surface area contributed by atoms with Crippen LogP contribution in [0.4, 0.5) is 0 Å². The van der Waals surface area contributed by atoms with E-state index in [9.17, 15) is 9.59 Å². The Hall–Kier alpha value is -1.84. The number of benzene rings is 1. The van der Waals surface area contributed by atoms with Gasteiger partial charge in [-0.15, -0.1) is 0 Å². The van der Waals surface area contributed by atoms with Crippen LogP contribution in [0, 0.1) is 23.7 Å².